The van der Waals surface area contributed by atoms with Crippen molar-refractivity contribution in [3.63, 3.8) is 0 Å². The van der Waals surface area contributed by atoms with E-state index in [0.29, 0.717) is 6.10 Å². The number of nitrogens with zero attached hydrogens (tertiary/aromatic N) is 2. The number of fused-ring (bicyclic) bond motifs is 1. The van der Waals surface area contributed by atoms with Crippen molar-refractivity contribution in [3.05, 3.63) is 36.5 Å². The highest BCUT2D eigenvalue weighted by atomic mass is 79.9. The summed E-state index contributed by atoms with van der Waals surface area (Å²) in [7, 11) is 0. The van der Waals surface area contributed by atoms with Crippen LogP contribution < -0.4 is 4.90 Å². The summed E-state index contributed by atoms with van der Waals surface area (Å²) in [6.45, 7) is 2.85. The summed E-state index contributed by atoms with van der Waals surface area (Å²) < 4.78 is 5.81. The Balaban J connectivity index is 1.74. The Morgan fingerprint density at radius 2 is 2.00 bits per heavy atom. The first kappa shape index (κ1) is 13.8. The molecule has 0 spiro atoms. The van der Waals surface area contributed by atoms with Gasteiger partial charge in [-0.3, -0.25) is 0 Å². The lowest BCUT2D eigenvalue weighted by Crippen LogP contribution is -2.37. The van der Waals surface area contributed by atoms with Gasteiger partial charge in [0.25, 0.3) is 0 Å². The molecule has 1 fully saturated rings. The predicted octanol–water partition coefficient (Wildman–Crippen LogP) is 3.62. The van der Waals surface area contributed by atoms with Gasteiger partial charge in [0.05, 0.1) is 12.7 Å². The van der Waals surface area contributed by atoms with E-state index in [1.165, 1.54) is 10.8 Å². The minimum Gasteiger partial charge on any atom is -0.377 e. The van der Waals surface area contributed by atoms with E-state index in [-0.39, 0.29) is 0 Å². The van der Waals surface area contributed by atoms with Crippen LogP contribution in [0.3, 0.4) is 0 Å². The van der Waals surface area contributed by atoms with Crippen LogP contribution in [0.2, 0.25) is 0 Å². The Labute approximate surface area is 128 Å². The van der Waals surface area contributed by atoms with E-state index in [1.807, 2.05) is 6.20 Å². The van der Waals surface area contributed by atoms with Gasteiger partial charge in [0.2, 0.25) is 0 Å². The van der Waals surface area contributed by atoms with Gasteiger partial charge in [0.1, 0.15) is 5.82 Å². The van der Waals surface area contributed by atoms with E-state index in [0.717, 1.165) is 43.7 Å². The zero-order valence-electron chi connectivity index (χ0n) is 11.5. The molecule has 3 rings (SSSR count). The first-order valence-electron chi connectivity index (χ1n) is 7.15. The smallest absolute Gasteiger partial charge is 0.136 e. The number of hydrogen-bond acceptors (Lipinski definition) is 3. The van der Waals surface area contributed by atoms with E-state index in [1.54, 1.807) is 0 Å². The van der Waals surface area contributed by atoms with Crippen LogP contribution in [0.5, 0.6) is 0 Å². The molecule has 1 aromatic carbocycles. The van der Waals surface area contributed by atoms with Crippen LogP contribution in [0.1, 0.15) is 12.8 Å². The monoisotopic (exact) mass is 334 g/mol. The maximum atomic E-state index is 5.81. The van der Waals surface area contributed by atoms with Gasteiger partial charge in [0, 0.05) is 30.0 Å². The number of pyridine rings is 1. The van der Waals surface area contributed by atoms with Gasteiger partial charge in [-0.25, -0.2) is 4.98 Å². The second-order valence-corrected chi connectivity index (χ2v) is 5.89. The quantitative estimate of drug-likeness (QED) is 0.798. The van der Waals surface area contributed by atoms with E-state index in [9.17, 15) is 0 Å². The Kier molecular flexibility index (Phi) is 4.53. The number of rotatable bonds is 4. The van der Waals surface area contributed by atoms with Gasteiger partial charge in [-0.1, -0.05) is 40.2 Å². The van der Waals surface area contributed by atoms with Crippen molar-refractivity contribution in [2.24, 2.45) is 0 Å². The SMILES string of the molecule is BrCCOC1CCN(c2nccc3ccccc23)CC1. The van der Waals surface area contributed by atoms with Crippen LogP contribution in [0, 0.1) is 0 Å². The molecule has 0 atom stereocenters. The molecule has 0 amide bonds. The second kappa shape index (κ2) is 6.55. The summed E-state index contributed by atoms with van der Waals surface area (Å²) in [4.78, 5) is 6.98. The Morgan fingerprint density at radius 1 is 1.20 bits per heavy atom. The molecule has 3 nitrogen and oxygen atoms in total. The van der Waals surface area contributed by atoms with Gasteiger partial charge in [-0.2, -0.15) is 0 Å². The highest BCUT2D eigenvalue weighted by molar-refractivity contribution is 9.09. The van der Waals surface area contributed by atoms with Gasteiger partial charge in [0.15, 0.2) is 0 Å². The lowest BCUT2D eigenvalue weighted by atomic mass is 10.1. The zero-order valence-corrected chi connectivity index (χ0v) is 13.1. The molecule has 0 unspecified atom stereocenters. The second-order valence-electron chi connectivity index (χ2n) is 5.10. The number of aromatic nitrogens is 1. The average Bonchev–Trinajstić information content (AvgIpc) is 2.53. The molecular weight excluding hydrogens is 316 g/mol. The van der Waals surface area contributed by atoms with Gasteiger partial charge in [-0.05, 0) is 24.3 Å². The average molecular weight is 335 g/mol. The summed E-state index contributed by atoms with van der Waals surface area (Å²) in [5, 5.41) is 3.42. The number of anilines is 1. The van der Waals surface area contributed by atoms with Crippen molar-refractivity contribution in [3.8, 4) is 0 Å². The fourth-order valence-corrected chi connectivity index (χ4v) is 2.99. The van der Waals surface area contributed by atoms with Crippen molar-refractivity contribution in [2.45, 2.75) is 18.9 Å². The fourth-order valence-electron chi connectivity index (χ4n) is 2.80. The van der Waals surface area contributed by atoms with E-state index >= 15 is 0 Å². The van der Waals surface area contributed by atoms with Gasteiger partial charge in [-0.15, -0.1) is 0 Å². The molecule has 0 bridgehead atoms. The highest BCUT2D eigenvalue weighted by Crippen LogP contribution is 2.27. The number of ether oxygens (including phenoxy) is 1. The van der Waals surface area contributed by atoms with Crippen molar-refractivity contribution < 1.29 is 4.74 Å². The molecule has 2 aromatic rings. The molecule has 0 radical (unpaired) electrons. The van der Waals surface area contributed by atoms with Crippen molar-refractivity contribution in [1.29, 1.82) is 0 Å². The predicted molar refractivity (Wildman–Crippen MR) is 86.7 cm³/mol. The standard InChI is InChI=1S/C16H19BrN2O/c17-8-12-20-14-6-10-19(11-7-14)16-15-4-2-1-3-13(15)5-9-18-16/h1-5,9,14H,6-8,10-12H2. The van der Waals surface area contributed by atoms with Crippen molar-refractivity contribution >= 4 is 32.5 Å². The van der Waals surface area contributed by atoms with Crippen LogP contribution in [0.4, 0.5) is 5.82 Å². The molecule has 0 saturated carbocycles. The molecule has 4 heteroatoms. The van der Waals surface area contributed by atoms with Crippen molar-refractivity contribution in [2.75, 3.05) is 29.9 Å². The molecule has 0 N–H and O–H groups in total. The lowest BCUT2D eigenvalue weighted by Gasteiger charge is -2.33. The topological polar surface area (TPSA) is 25.4 Å². The van der Waals surface area contributed by atoms with Gasteiger partial charge >= 0.3 is 0 Å². The first-order chi connectivity index (χ1) is 9.88. The van der Waals surface area contributed by atoms with Gasteiger partial charge < -0.3 is 9.64 Å². The Bertz CT molecular complexity index is 562. The molecule has 2 heterocycles. The van der Waals surface area contributed by atoms with Crippen LogP contribution >= 0.6 is 15.9 Å². The highest BCUT2D eigenvalue weighted by Gasteiger charge is 2.21. The maximum Gasteiger partial charge on any atom is 0.136 e. The summed E-state index contributed by atoms with van der Waals surface area (Å²) in [6.07, 6.45) is 4.47. The number of halogens is 1. The summed E-state index contributed by atoms with van der Waals surface area (Å²) in [5.41, 5.74) is 0. The number of piperidine rings is 1. The molecule has 1 aliphatic rings. The third kappa shape index (κ3) is 2.96. The van der Waals surface area contributed by atoms with E-state index in [2.05, 4.69) is 56.1 Å². The van der Waals surface area contributed by atoms with Crippen LogP contribution in [0.15, 0.2) is 36.5 Å². The fraction of sp³-hybridized carbons (Fsp3) is 0.438. The Morgan fingerprint density at radius 3 is 2.80 bits per heavy atom. The van der Waals surface area contributed by atoms with Crippen LogP contribution in [0.25, 0.3) is 10.8 Å². The van der Waals surface area contributed by atoms with Crippen LogP contribution in [-0.4, -0.2) is 36.1 Å². The maximum absolute atomic E-state index is 5.81. The summed E-state index contributed by atoms with van der Waals surface area (Å²) in [6, 6.07) is 10.5. The lowest BCUT2D eigenvalue weighted by molar-refractivity contribution is 0.0480. The minimum absolute atomic E-state index is 0.402. The largest absolute Gasteiger partial charge is 0.377 e. The van der Waals surface area contributed by atoms with E-state index < -0.39 is 0 Å². The third-order valence-corrected chi connectivity index (χ3v) is 4.15. The number of alkyl halides is 1. The Hall–Kier alpha value is -1.13. The normalized spacial score (nSPS) is 16.8. The molecule has 1 aromatic heterocycles. The van der Waals surface area contributed by atoms with E-state index in [4.69, 9.17) is 4.74 Å². The third-order valence-electron chi connectivity index (χ3n) is 3.82. The molecule has 1 aliphatic heterocycles. The van der Waals surface area contributed by atoms with Crippen molar-refractivity contribution in [1.82, 2.24) is 4.98 Å². The molecule has 20 heavy (non-hydrogen) atoms. The molecule has 106 valence electrons. The minimum atomic E-state index is 0.402. The number of benzene rings is 1. The molecule has 1 saturated heterocycles. The molecule has 0 aliphatic carbocycles. The van der Waals surface area contributed by atoms with Crippen LogP contribution in [-0.2, 0) is 4.74 Å². The number of hydrogen-bond donors (Lipinski definition) is 0. The summed E-state index contributed by atoms with van der Waals surface area (Å²) in [5.74, 6) is 1.11. The summed E-state index contributed by atoms with van der Waals surface area (Å²) >= 11 is 3.41. The molecular formula is C16H19BrN2O. The first-order valence-corrected chi connectivity index (χ1v) is 8.27. The zero-order chi connectivity index (χ0) is 13.8.